The van der Waals surface area contributed by atoms with E-state index < -0.39 is 0 Å². The molecule has 8 heteroatoms. The van der Waals surface area contributed by atoms with Crippen molar-refractivity contribution in [1.82, 2.24) is 14.7 Å². The van der Waals surface area contributed by atoms with Gasteiger partial charge in [-0.3, -0.25) is 9.59 Å². The lowest BCUT2D eigenvalue weighted by molar-refractivity contribution is 0.0929. The lowest BCUT2D eigenvalue weighted by Gasteiger charge is -2.19. The highest BCUT2D eigenvalue weighted by atomic mass is 16.5. The Hall–Kier alpha value is -4.22. The van der Waals surface area contributed by atoms with Gasteiger partial charge in [0, 0.05) is 37.0 Å². The van der Waals surface area contributed by atoms with Crippen LogP contribution in [0.4, 0.5) is 0 Å². The molecule has 0 saturated heterocycles. The van der Waals surface area contributed by atoms with E-state index in [-0.39, 0.29) is 30.4 Å². The van der Waals surface area contributed by atoms with E-state index >= 15 is 0 Å². The minimum absolute atomic E-state index is 0.0258. The second-order valence-electron chi connectivity index (χ2n) is 9.61. The summed E-state index contributed by atoms with van der Waals surface area (Å²) in [5.41, 5.74) is 3.76. The zero-order valence-electron chi connectivity index (χ0n) is 23.0. The zero-order valence-corrected chi connectivity index (χ0v) is 23.0. The van der Waals surface area contributed by atoms with Gasteiger partial charge in [-0.15, -0.1) is 0 Å². The molecule has 2 heterocycles. The van der Waals surface area contributed by atoms with Gasteiger partial charge in [0.25, 0.3) is 5.91 Å². The van der Waals surface area contributed by atoms with Crippen molar-refractivity contribution in [1.29, 1.82) is 5.26 Å². The molecule has 39 heavy (non-hydrogen) atoms. The molecule has 0 bridgehead atoms. The van der Waals surface area contributed by atoms with Crippen molar-refractivity contribution in [3.8, 4) is 11.8 Å². The number of rotatable bonds is 13. The van der Waals surface area contributed by atoms with Crippen molar-refractivity contribution < 1.29 is 19.4 Å². The summed E-state index contributed by atoms with van der Waals surface area (Å²) in [6.07, 6.45) is 12.1. The number of fused-ring (bicyclic) bond motifs is 1. The molecule has 0 aliphatic heterocycles. The quantitative estimate of drug-likeness (QED) is 0.233. The molecule has 3 aromatic rings. The van der Waals surface area contributed by atoms with Gasteiger partial charge in [-0.25, -0.2) is 4.98 Å². The van der Waals surface area contributed by atoms with Crippen LogP contribution in [-0.4, -0.2) is 44.9 Å². The first kappa shape index (κ1) is 29.3. The van der Waals surface area contributed by atoms with E-state index in [0.29, 0.717) is 47.3 Å². The number of nitriles is 1. The molecule has 204 valence electrons. The molecule has 0 spiro atoms. The number of ketones is 1. The maximum absolute atomic E-state index is 13.0. The number of allylic oxidation sites excluding steroid dienone is 3. The SMILES string of the molecule is CC/C=C(\C=C/Cc1cn2cccc(C(C)=O)c2n1)C[C@@H](CCO)NC(=O)c1ccc(OC(C)C)c(C#N)c1. The fourth-order valence-corrected chi connectivity index (χ4v) is 4.30. The number of benzene rings is 1. The van der Waals surface area contributed by atoms with E-state index in [1.54, 1.807) is 18.2 Å². The molecule has 0 fully saturated rings. The van der Waals surface area contributed by atoms with Gasteiger partial charge in [0.15, 0.2) is 5.78 Å². The van der Waals surface area contributed by atoms with Crippen LogP contribution in [0.15, 0.2) is 66.5 Å². The molecular formula is C31H36N4O4. The normalized spacial score (nSPS) is 12.6. The summed E-state index contributed by atoms with van der Waals surface area (Å²) in [6, 6.07) is 10.2. The van der Waals surface area contributed by atoms with Crippen LogP contribution >= 0.6 is 0 Å². The van der Waals surface area contributed by atoms with Crippen molar-refractivity contribution in [2.75, 3.05) is 6.61 Å². The number of aliphatic hydroxyl groups excluding tert-OH is 1. The van der Waals surface area contributed by atoms with Crippen molar-refractivity contribution in [3.05, 3.63) is 88.9 Å². The topological polar surface area (TPSA) is 117 Å². The van der Waals surface area contributed by atoms with Crippen molar-refractivity contribution in [3.63, 3.8) is 0 Å². The first-order valence-corrected chi connectivity index (χ1v) is 13.2. The van der Waals surface area contributed by atoms with Crippen LogP contribution in [0.2, 0.25) is 0 Å². The van der Waals surface area contributed by atoms with Crippen LogP contribution in [0.5, 0.6) is 5.75 Å². The van der Waals surface area contributed by atoms with Crippen molar-refractivity contribution in [2.24, 2.45) is 0 Å². The predicted molar refractivity (Wildman–Crippen MR) is 151 cm³/mol. The first-order valence-electron chi connectivity index (χ1n) is 13.2. The van der Waals surface area contributed by atoms with Crippen molar-refractivity contribution in [2.45, 2.75) is 65.5 Å². The van der Waals surface area contributed by atoms with Gasteiger partial charge in [0.05, 0.1) is 22.9 Å². The number of aromatic nitrogens is 2. The molecule has 0 unspecified atom stereocenters. The number of ether oxygens (including phenoxy) is 1. The number of carbonyl (C=O) groups is 2. The smallest absolute Gasteiger partial charge is 0.251 e. The van der Waals surface area contributed by atoms with Gasteiger partial charge in [-0.1, -0.05) is 30.7 Å². The number of nitrogens with zero attached hydrogens (tertiary/aromatic N) is 3. The molecule has 8 nitrogen and oxygen atoms in total. The largest absolute Gasteiger partial charge is 0.490 e. The summed E-state index contributed by atoms with van der Waals surface area (Å²) >= 11 is 0. The van der Waals surface area contributed by atoms with E-state index in [2.05, 4.69) is 22.4 Å². The molecule has 3 rings (SSSR count). The van der Waals surface area contributed by atoms with Crippen LogP contribution in [0.1, 0.15) is 78.9 Å². The third-order valence-corrected chi connectivity index (χ3v) is 6.06. The van der Waals surface area contributed by atoms with E-state index in [1.165, 1.54) is 13.0 Å². The monoisotopic (exact) mass is 528 g/mol. The molecule has 0 radical (unpaired) electrons. The van der Waals surface area contributed by atoms with Gasteiger partial charge in [-0.2, -0.15) is 5.26 Å². The van der Waals surface area contributed by atoms with Gasteiger partial charge in [0.2, 0.25) is 0 Å². The fourth-order valence-electron chi connectivity index (χ4n) is 4.30. The maximum Gasteiger partial charge on any atom is 0.251 e. The minimum Gasteiger partial charge on any atom is -0.490 e. The molecule has 2 N–H and O–H groups in total. The van der Waals surface area contributed by atoms with Crippen molar-refractivity contribution >= 4 is 17.3 Å². The molecule has 2 aromatic heterocycles. The first-order chi connectivity index (χ1) is 18.7. The highest BCUT2D eigenvalue weighted by Crippen LogP contribution is 2.21. The van der Waals surface area contributed by atoms with Crippen LogP contribution in [0, 0.1) is 11.3 Å². The Labute approximate surface area is 229 Å². The Morgan fingerprint density at radius 1 is 1.28 bits per heavy atom. The summed E-state index contributed by atoms with van der Waals surface area (Å²) in [5.74, 6) is 0.103. The van der Waals surface area contributed by atoms with Crippen LogP contribution in [0.3, 0.4) is 0 Å². The van der Waals surface area contributed by atoms with E-state index in [4.69, 9.17) is 4.74 Å². The van der Waals surface area contributed by atoms with Crippen LogP contribution < -0.4 is 10.1 Å². The van der Waals surface area contributed by atoms with E-state index in [0.717, 1.165) is 17.7 Å². The third kappa shape index (κ3) is 8.13. The number of imidazole rings is 1. The number of pyridine rings is 1. The Kier molecular flexibility index (Phi) is 10.6. The molecule has 1 atom stereocenters. The summed E-state index contributed by atoms with van der Waals surface area (Å²) in [4.78, 5) is 29.6. The molecule has 0 saturated carbocycles. The number of hydrogen-bond acceptors (Lipinski definition) is 6. The molecule has 0 aliphatic rings. The number of aliphatic hydroxyl groups is 1. The fraction of sp³-hybridized carbons (Fsp3) is 0.355. The lowest BCUT2D eigenvalue weighted by atomic mass is 10.0. The number of amides is 1. The number of nitrogens with one attached hydrogen (secondary N) is 1. The Balaban J connectivity index is 1.70. The lowest BCUT2D eigenvalue weighted by Crippen LogP contribution is -2.36. The summed E-state index contributed by atoms with van der Waals surface area (Å²) in [5, 5.41) is 22.1. The second kappa shape index (κ2) is 14.1. The highest BCUT2D eigenvalue weighted by Gasteiger charge is 2.17. The second-order valence-corrected chi connectivity index (χ2v) is 9.61. The Morgan fingerprint density at radius 2 is 2.08 bits per heavy atom. The molecule has 1 amide bonds. The highest BCUT2D eigenvalue weighted by molar-refractivity contribution is 5.99. The summed E-state index contributed by atoms with van der Waals surface area (Å²) < 4.78 is 7.51. The van der Waals surface area contributed by atoms with Gasteiger partial charge < -0.3 is 19.6 Å². The zero-order chi connectivity index (χ0) is 28.4. The van der Waals surface area contributed by atoms with Gasteiger partial charge >= 0.3 is 0 Å². The molecular weight excluding hydrogens is 492 g/mol. The van der Waals surface area contributed by atoms with Gasteiger partial charge in [0.1, 0.15) is 17.5 Å². The average molecular weight is 529 g/mol. The molecule has 0 aliphatic carbocycles. The third-order valence-electron chi connectivity index (χ3n) is 6.06. The standard InChI is InChI=1S/C31H36N4O4/c1-5-8-23(9-6-10-27-20-35-15-7-11-28(22(4)37)30(35)33-27)17-26(14-16-36)34-31(38)24-12-13-29(39-21(2)3)25(18-24)19-32/h6-9,11-13,15,18,20-21,26,36H,5,10,14,16-17H2,1-4H3,(H,34,38)/b9-6-,23-8+/t26-/m1/s1. The predicted octanol–water partition coefficient (Wildman–Crippen LogP) is 5.20. The summed E-state index contributed by atoms with van der Waals surface area (Å²) in [6.45, 7) is 7.25. The van der Waals surface area contributed by atoms with Crippen LogP contribution in [0.25, 0.3) is 5.65 Å². The molecule has 1 aromatic carbocycles. The van der Waals surface area contributed by atoms with E-state index in [9.17, 15) is 20.0 Å². The Morgan fingerprint density at radius 3 is 2.74 bits per heavy atom. The average Bonchev–Trinajstić information content (AvgIpc) is 3.31. The van der Waals surface area contributed by atoms with E-state index in [1.807, 2.05) is 55.8 Å². The number of carbonyl (C=O) groups excluding carboxylic acids is 2. The maximum atomic E-state index is 13.0. The number of Topliss-reactive ketones (excluding diaryl/α,β-unsaturated/α-hetero) is 1. The minimum atomic E-state index is -0.313. The van der Waals surface area contributed by atoms with Gasteiger partial charge in [-0.05, 0) is 70.4 Å². The summed E-state index contributed by atoms with van der Waals surface area (Å²) in [7, 11) is 0. The van der Waals surface area contributed by atoms with Crippen LogP contribution in [-0.2, 0) is 6.42 Å². The Bertz CT molecular complexity index is 1410. The number of hydrogen-bond donors (Lipinski definition) is 2.